The van der Waals surface area contributed by atoms with Crippen molar-refractivity contribution in [2.24, 2.45) is 0 Å². The zero-order valence-electron chi connectivity index (χ0n) is 12.5. The number of hydrogen-bond acceptors (Lipinski definition) is 4. The highest BCUT2D eigenvalue weighted by Gasteiger charge is 2.13. The maximum atomic E-state index is 12.1. The first-order chi connectivity index (χ1) is 10.2. The Balaban J connectivity index is 1.84. The number of hydrogen-bond donors (Lipinski definition) is 1. The second-order valence-corrected chi connectivity index (χ2v) is 5.58. The Kier molecular flexibility index (Phi) is 3.88. The first kappa shape index (κ1) is 14.0. The van der Waals surface area contributed by atoms with Crippen LogP contribution in [-0.2, 0) is 19.5 Å². The molecule has 6 heteroatoms. The molecule has 1 aliphatic rings. The first-order valence-electron chi connectivity index (χ1n) is 7.52. The molecule has 112 valence electrons. The van der Waals surface area contributed by atoms with Crippen LogP contribution >= 0.6 is 0 Å². The zero-order valence-corrected chi connectivity index (χ0v) is 12.5. The van der Waals surface area contributed by atoms with Crippen LogP contribution in [0.4, 0.5) is 0 Å². The largest absolute Gasteiger partial charge is 0.312 e. The molecule has 0 fully saturated rings. The van der Waals surface area contributed by atoms with Gasteiger partial charge in [-0.1, -0.05) is 6.92 Å². The van der Waals surface area contributed by atoms with Gasteiger partial charge in [0.05, 0.1) is 17.9 Å². The predicted molar refractivity (Wildman–Crippen MR) is 80.2 cm³/mol. The highest BCUT2D eigenvalue weighted by molar-refractivity contribution is 5.20. The third-order valence-electron chi connectivity index (χ3n) is 4.04. The van der Waals surface area contributed by atoms with Gasteiger partial charge in [0.25, 0.3) is 5.56 Å². The molecule has 0 spiro atoms. The van der Waals surface area contributed by atoms with Crippen LogP contribution in [0.2, 0.25) is 0 Å². The number of aromatic nitrogens is 4. The van der Waals surface area contributed by atoms with Crippen LogP contribution in [-0.4, -0.2) is 26.1 Å². The van der Waals surface area contributed by atoms with Gasteiger partial charge in [-0.25, -0.2) is 4.68 Å². The minimum Gasteiger partial charge on any atom is -0.312 e. The Bertz CT molecular complexity index is 688. The fourth-order valence-corrected chi connectivity index (χ4v) is 2.52. The van der Waals surface area contributed by atoms with Crippen LogP contribution in [0.5, 0.6) is 0 Å². The van der Waals surface area contributed by atoms with Gasteiger partial charge >= 0.3 is 0 Å². The van der Waals surface area contributed by atoms with Gasteiger partial charge in [-0.2, -0.15) is 10.2 Å². The van der Waals surface area contributed by atoms with E-state index in [1.165, 1.54) is 4.68 Å². The molecule has 0 amide bonds. The van der Waals surface area contributed by atoms with Crippen molar-refractivity contribution < 1.29 is 0 Å². The first-order valence-corrected chi connectivity index (χ1v) is 7.52. The maximum absolute atomic E-state index is 12.1. The highest BCUT2D eigenvalue weighted by atomic mass is 16.1. The molecule has 0 saturated heterocycles. The van der Waals surface area contributed by atoms with Crippen molar-refractivity contribution in [3.63, 3.8) is 0 Å². The number of rotatable bonds is 4. The van der Waals surface area contributed by atoms with Crippen molar-refractivity contribution in [3.8, 4) is 0 Å². The number of fused-ring (bicyclic) bond motifs is 1. The van der Waals surface area contributed by atoms with Gasteiger partial charge in [0.15, 0.2) is 0 Å². The van der Waals surface area contributed by atoms with E-state index in [2.05, 4.69) is 29.4 Å². The van der Waals surface area contributed by atoms with E-state index in [0.29, 0.717) is 12.6 Å². The minimum absolute atomic E-state index is 0.0597. The van der Waals surface area contributed by atoms with Crippen LogP contribution < -0.4 is 10.9 Å². The normalized spacial score (nSPS) is 15.7. The highest BCUT2D eigenvalue weighted by Crippen LogP contribution is 2.11. The summed E-state index contributed by atoms with van der Waals surface area (Å²) in [7, 11) is 0. The average molecular weight is 287 g/mol. The summed E-state index contributed by atoms with van der Waals surface area (Å²) in [6, 6.07) is 4.03. The van der Waals surface area contributed by atoms with Gasteiger partial charge in [0.2, 0.25) is 0 Å². The van der Waals surface area contributed by atoms with E-state index >= 15 is 0 Å². The van der Waals surface area contributed by atoms with E-state index in [0.717, 1.165) is 42.9 Å². The summed E-state index contributed by atoms with van der Waals surface area (Å²) < 4.78 is 3.47. The zero-order chi connectivity index (χ0) is 14.8. The summed E-state index contributed by atoms with van der Waals surface area (Å²) >= 11 is 0. The van der Waals surface area contributed by atoms with E-state index < -0.39 is 0 Å². The molecule has 6 nitrogen and oxygen atoms in total. The quantitative estimate of drug-likeness (QED) is 0.914. The molecule has 0 aliphatic carbocycles. The third kappa shape index (κ3) is 2.90. The second kappa shape index (κ2) is 5.81. The lowest BCUT2D eigenvalue weighted by molar-refractivity contribution is 0.469. The fourth-order valence-electron chi connectivity index (χ4n) is 2.52. The molecule has 2 aromatic rings. The van der Waals surface area contributed by atoms with Crippen LogP contribution in [0.25, 0.3) is 0 Å². The summed E-state index contributed by atoms with van der Waals surface area (Å²) in [4.78, 5) is 12.1. The van der Waals surface area contributed by atoms with Crippen molar-refractivity contribution in [2.75, 3.05) is 6.54 Å². The Hall–Kier alpha value is -1.95. The lowest BCUT2D eigenvalue weighted by atomic mass is 10.1. The van der Waals surface area contributed by atoms with Crippen molar-refractivity contribution in [2.45, 2.75) is 45.8 Å². The molecule has 0 radical (unpaired) electrons. The lowest BCUT2D eigenvalue weighted by Gasteiger charge is -2.16. The SMILES string of the molecule is CCC(C)n1ccc(Cn2nc3c(cc2=O)CNCC3)n1. The molecule has 0 bridgehead atoms. The molecular formula is C15H21N5O. The topological polar surface area (TPSA) is 64.7 Å². The van der Waals surface area contributed by atoms with Crippen LogP contribution in [0.3, 0.4) is 0 Å². The van der Waals surface area contributed by atoms with E-state index in [-0.39, 0.29) is 5.56 Å². The van der Waals surface area contributed by atoms with Gasteiger partial charge < -0.3 is 5.32 Å². The Labute approximate surface area is 123 Å². The van der Waals surface area contributed by atoms with Crippen molar-refractivity contribution in [3.05, 3.63) is 45.6 Å². The monoisotopic (exact) mass is 287 g/mol. The van der Waals surface area contributed by atoms with Gasteiger partial charge in [-0.05, 0) is 25.0 Å². The molecule has 3 rings (SSSR count). The molecule has 1 unspecified atom stereocenters. The molecule has 2 aromatic heterocycles. The summed E-state index contributed by atoms with van der Waals surface area (Å²) in [5.41, 5.74) is 2.86. The molecule has 3 heterocycles. The molecule has 1 N–H and O–H groups in total. The fraction of sp³-hybridized carbons (Fsp3) is 0.533. The Morgan fingerprint density at radius 3 is 3.10 bits per heavy atom. The molecule has 0 saturated carbocycles. The average Bonchev–Trinajstić information content (AvgIpc) is 2.96. The van der Waals surface area contributed by atoms with E-state index in [1.807, 2.05) is 16.9 Å². The van der Waals surface area contributed by atoms with Crippen molar-refractivity contribution in [1.82, 2.24) is 24.9 Å². The second-order valence-electron chi connectivity index (χ2n) is 5.58. The molecule has 1 atom stereocenters. The van der Waals surface area contributed by atoms with Gasteiger partial charge in [0.1, 0.15) is 0 Å². The molecule has 0 aromatic carbocycles. The molecule has 1 aliphatic heterocycles. The van der Waals surface area contributed by atoms with Crippen molar-refractivity contribution in [1.29, 1.82) is 0 Å². The molecular weight excluding hydrogens is 266 g/mol. The Morgan fingerprint density at radius 2 is 2.29 bits per heavy atom. The van der Waals surface area contributed by atoms with E-state index in [9.17, 15) is 4.79 Å². The van der Waals surface area contributed by atoms with Crippen LogP contribution in [0, 0.1) is 0 Å². The van der Waals surface area contributed by atoms with Crippen LogP contribution in [0.15, 0.2) is 23.1 Å². The molecule has 21 heavy (non-hydrogen) atoms. The van der Waals surface area contributed by atoms with Crippen LogP contribution in [0.1, 0.15) is 43.3 Å². The summed E-state index contributed by atoms with van der Waals surface area (Å²) in [6.07, 6.45) is 3.87. The smallest absolute Gasteiger partial charge is 0.267 e. The standard InChI is InChI=1S/C15H21N5O/c1-3-11(2)19-7-5-13(17-19)10-20-15(21)8-12-9-16-6-4-14(12)18-20/h5,7-8,11,16H,3-4,6,9-10H2,1-2H3. The van der Waals surface area contributed by atoms with Gasteiger partial charge in [-0.15, -0.1) is 0 Å². The third-order valence-corrected chi connectivity index (χ3v) is 4.04. The van der Waals surface area contributed by atoms with E-state index in [4.69, 9.17) is 0 Å². The number of nitrogens with one attached hydrogen (secondary N) is 1. The minimum atomic E-state index is -0.0597. The lowest BCUT2D eigenvalue weighted by Crippen LogP contribution is -2.32. The number of nitrogens with zero attached hydrogens (tertiary/aromatic N) is 4. The maximum Gasteiger partial charge on any atom is 0.267 e. The van der Waals surface area contributed by atoms with E-state index in [1.54, 1.807) is 6.07 Å². The predicted octanol–water partition coefficient (Wildman–Crippen LogP) is 1.10. The van der Waals surface area contributed by atoms with Crippen molar-refractivity contribution >= 4 is 0 Å². The summed E-state index contributed by atoms with van der Waals surface area (Å²) in [5.74, 6) is 0. The van der Waals surface area contributed by atoms with Gasteiger partial charge in [0, 0.05) is 37.8 Å². The summed E-state index contributed by atoms with van der Waals surface area (Å²) in [5, 5.41) is 12.3. The summed E-state index contributed by atoms with van der Waals surface area (Å²) in [6.45, 7) is 6.35. The Morgan fingerprint density at radius 1 is 1.43 bits per heavy atom. The van der Waals surface area contributed by atoms with Gasteiger partial charge in [-0.3, -0.25) is 9.48 Å².